The van der Waals surface area contributed by atoms with Crippen LogP contribution >= 0.6 is 11.8 Å². The van der Waals surface area contributed by atoms with Crippen LogP contribution in [0.2, 0.25) is 0 Å². The molecule has 0 aromatic carbocycles. The fraction of sp³-hybridized carbons (Fsp3) is 0.778. The third-order valence-electron chi connectivity index (χ3n) is 2.14. The summed E-state index contributed by atoms with van der Waals surface area (Å²) in [6, 6.07) is 0. The molecule has 86 valence electrons. The van der Waals surface area contributed by atoms with Crippen LogP contribution in [0.15, 0.2) is 5.16 Å². The number of nitrogens with zero attached hydrogens (tertiary/aromatic N) is 3. The molecule has 1 rings (SSSR count). The van der Waals surface area contributed by atoms with Crippen LogP contribution in [0.4, 0.5) is 0 Å². The lowest BCUT2D eigenvalue weighted by Crippen LogP contribution is -2.07. The second-order valence-corrected chi connectivity index (χ2v) is 4.78. The van der Waals surface area contributed by atoms with Gasteiger partial charge in [-0.1, -0.05) is 18.7 Å². The normalized spacial score (nSPS) is 13.1. The first-order valence-electron chi connectivity index (χ1n) is 4.93. The largest absolute Gasteiger partial charge is 0.385 e. The zero-order valence-electron chi connectivity index (χ0n) is 9.43. The van der Waals surface area contributed by atoms with Gasteiger partial charge in [0.2, 0.25) is 0 Å². The van der Waals surface area contributed by atoms with Gasteiger partial charge in [-0.05, 0) is 6.42 Å². The minimum absolute atomic E-state index is 0.427. The molecule has 0 fully saturated rings. The van der Waals surface area contributed by atoms with Crippen LogP contribution in [0.5, 0.6) is 0 Å². The summed E-state index contributed by atoms with van der Waals surface area (Å²) in [5.41, 5.74) is 5.52. The second kappa shape index (κ2) is 6.09. The molecule has 6 heteroatoms. The Kier molecular flexibility index (Phi) is 5.07. The van der Waals surface area contributed by atoms with Crippen molar-refractivity contribution in [1.29, 1.82) is 0 Å². The molecule has 1 unspecified atom stereocenters. The Bertz CT molecular complexity index is 302. The number of hydrogen-bond donors (Lipinski definition) is 1. The molecule has 0 bridgehead atoms. The fourth-order valence-corrected chi connectivity index (χ4v) is 2.07. The third-order valence-corrected chi connectivity index (χ3v) is 3.35. The molecule has 5 nitrogen and oxygen atoms in total. The van der Waals surface area contributed by atoms with Crippen molar-refractivity contribution in [2.75, 3.05) is 13.7 Å². The van der Waals surface area contributed by atoms with Crippen LogP contribution in [-0.4, -0.2) is 33.7 Å². The number of ether oxygens (including phenoxy) is 1. The Balaban J connectivity index is 2.52. The molecule has 0 spiro atoms. The van der Waals surface area contributed by atoms with E-state index in [1.54, 1.807) is 18.9 Å². The number of methoxy groups -OCH3 is 1. The van der Waals surface area contributed by atoms with Crippen molar-refractivity contribution in [3.63, 3.8) is 0 Å². The quantitative estimate of drug-likeness (QED) is 0.732. The maximum atomic E-state index is 5.52. The lowest BCUT2D eigenvalue weighted by Gasteiger charge is -2.09. The van der Waals surface area contributed by atoms with Crippen LogP contribution in [0, 0.1) is 0 Å². The molecule has 1 atom stereocenters. The molecule has 0 aliphatic rings. The van der Waals surface area contributed by atoms with Gasteiger partial charge in [0, 0.05) is 26.0 Å². The van der Waals surface area contributed by atoms with Crippen molar-refractivity contribution in [2.24, 2.45) is 12.8 Å². The first-order chi connectivity index (χ1) is 7.19. The summed E-state index contributed by atoms with van der Waals surface area (Å²) in [4.78, 5) is 0. The molecule has 0 aliphatic carbocycles. The molecule has 1 aromatic rings. The van der Waals surface area contributed by atoms with Gasteiger partial charge < -0.3 is 15.0 Å². The number of nitrogens with two attached hydrogens (primary N) is 1. The number of thioether (sulfide) groups is 1. The Morgan fingerprint density at radius 2 is 2.27 bits per heavy atom. The number of hydrogen-bond acceptors (Lipinski definition) is 5. The Hall–Kier alpha value is -0.590. The zero-order valence-corrected chi connectivity index (χ0v) is 10.3. The average molecular weight is 230 g/mol. The first-order valence-corrected chi connectivity index (χ1v) is 5.81. The SMILES string of the molecule is COCCC(C)Sc1nnc(CN)n1C. The van der Waals surface area contributed by atoms with Crippen LogP contribution < -0.4 is 5.73 Å². The highest BCUT2D eigenvalue weighted by Crippen LogP contribution is 2.23. The maximum Gasteiger partial charge on any atom is 0.191 e. The highest BCUT2D eigenvalue weighted by Gasteiger charge is 2.11. The van der Waals surface area contributed by atoms with Crippen molar-refractivity contribution in [3.05, 3.63) is 5.82 Å². The van der Waals surface area contributed by atoms with Gasteiger partial charge in [-0.25, -0.2) is 0 Å². The van der Waals surface area contributed by atoms with Gasteiger partial charge >= 0.3 is 0 Å². The van der Waals surface area contributed by atoms with Crippen molar-refractivity contribution < 1.29 is 4.74 Å². The van der Waals surface area contributed by atoms with Crippen LogP contribution in [0.1, 0.15) is 19.2 Å². The van der Waals surface area contributed by atoms with Crippen molar-refractivity contribution in [2.45, 2.75) is 30.3 Å². The summed E-state index contributed by atoms with van der Waals surface area (Å²) in [6.07, 6.45) is 1.01. The predicted octanol–water partition coefficient (Wildman–Crippen LogP) is 0.791. The summed E-state index contributed by atoms with van der Waals surface area (Å²) in [7, 11) is 3.65. The Labute approximate surface area is 94.4 Å². The highest BCUT2D eigenvalue weighted by molar-refractivity contribution is 7.99. The van der Waals surface area contributed by atoms with Crippen LogP contribution in [0.25, 0.3) is 0 Å². The van der Waals surface area contributed by atoms with Gasteiger partial charge in [0.05, 0.1) is 6.54 Å². The molecular weight excluding hydrogens is 212 g/mol. The molecule has 0 amide bonds. The smallest absolute Gasteiger partial charge is 0.191 e. The molecule has 2 N–H and O–H groups in total. The fourth-order valence-electron chi connectivity index (χ4n) is 1.15. The average Bonchev–Trinajstić information content (AvgIpc) is 2.57. The summed E-state index contributed by atoms with van der Waals surface area (Å²) >= 11 is 1.70. The van der Waals surface area contributed by atoms with Crippen molar-refractivity contribution >= 4 is 11.8 Å². The second-order valence-electron chi connectivity index (χ2n) is 3.37. The summed E-state index contributed by atoms with van der Waals surface area (Å²) in [6.45, 7) is 3.35. The van der Waals surface area contributed by atoms with Gasteiger partial charge in [0.1, 0.15) is 5.82 Å². The Morgan fingerprint density at radius 1 is 1.53 bits per heavy atom. The molecule has 0 radical (unpaired) electrons. The topological polar surface area (TPSA) is 66.0 Å². The number of rotatable bonds is 6. The monoisotopic (exact) mass is 230 g/mol. The summed E-state index contributed by atoms with van der Waals surface area (Å²) < 4.78 is 6.97. The maximum absolute atomic E-state index is 5.52. The minimum atomic E-state index is 0.427. The third kappa shape index (κ3) is 3.48. The standard InChI is InChI=1S/C9H18N4OS/c1-7(4-5-14-3)15-9-12-11-8(6-10)13(9)2/h7H,4-6,10H2,1-3H3. The molecule has 1 heterocycles. The molecule has 15 heavy (non-hydrogen) atoms. The van der Waals surface area contributed by atoms with E-state index in [9.17, 15) is 0 Å². The van der Waals surface area contributed by atoms with E-state index in [4.69, 9.17) is 10.5 Å². The lowest BCUT2D eigenvalue weighted by atomic mass is 10.3. The van der Waals surface area contributed by atoms with Crippen molar-refractivity contribution in [3.8, 4) is 0 Å². The van der Waals surface area contributed by atoms with Crippen molar-refractivity contribution in [1.82, 2.24) is 14.8 Å². The number of aromatic nitrogens is 3. The molecule has 0 saturated carbocycles. The molecule has 0 aliphatic heterocycles. The molecular formula is C9H18N4OS. The Morgan fingerprint density at radius 3 is 2.80 bits per heavy atom. The van der Waals surface area contributed by atoms with Gasteiger partial charge in [-0.2, -0.15) is 0 Å². The first kappa shape index (κ1) is 12.5. The predicted molar refractivity (Wildman–Crippen MR) is 60.7 cm³/mol. The van der Waals surface area contributed by atoms with Gasteiger partial charge in [-0.15, -0.1) is 10.2 Å². The van der Waals surface area contributed by atoms with E-state index < -0.39 is 0 Å². The van der Waals surface area contributed by atoms with E-state index >= 15 is 0 Å². The minimum Gasteiger partial charge on any atom is -0.385 e. The van der Waals surface area contributed by atoms with E-state index in [0.29, 0.717) is 11.8 Å². The van der Waals surface area contributed by atoms with E-state index in [1.165, 1.54) is 0 Å². The molecule has 1 aromatic heterocycles. The van der Waals surface area contributed by atoms with Gasteiger partial charge in [-0.3, -0.25) is 0 Å². The van der Waals surface area contributed by atoms with Crippen LogP contribution in [0.3, 0.4) is 0 Å². The van der Waals surface area contributed by atoms with Crippen LogP contribution in [-0.2, 0) is 18.3 Å². The highest BCUT2D eigenvalue weighted by atomic mass is 32.2. The van der Waals surface area contributed by atoms with E-state index in [0.717, 1.165) is 24.0 Å². The van der Waals surface area contributed by atoms with E-state index in [-0.39, 0.29) is 0 Å². The summed E-state index contributed by atoms with van der Waals surface area (Å²) in [5.74, 6) is 0.816. The summed E-state index contributed by atoms with van der Waals surface area (Å²) in [5, 5.41) is 9.48. The van der Waals surface area contributed by atoms with Gasteiger partial charge in [0.15, 0.2) is 5.16 Å². The lowest BCUT2D eigenvalue weighted by molar-refractivity contribution is 0.195. The van der Waals surface area contributed by atoms with E-state index in [1.807, 2.05) is 11.6 Å². The molecule has 0 saturated heterocycles. The van der Waals surface area contributed by atoms with Gasteiger partial charge in [0.25, 0.3) is 0 Å². The van der Waals surface area contributed by atoms with E-state index in [2.05, 4.69) is 17.1 Å². The zero-order chi connectivity index (χ0) is 11.3.